The second kappa shape index (κ2) is 11.5. The zero-order valence-electron chi connectivity index (χ0n) is 23.4. The average molecular weight is 551 g/mol. The first-order valence-corrected chi connectivity index (χ1v) is 14.0. The minimum Gasteiger partial charge on any atom is -0.490 e. The molecule has 0 saturated heterocycles. The van der Waals surface area contributed by atoms with Gasteiger partial charge in [0.05, 0.1) is 12.0 Å². The number of carbonyl (C=O) groups excluding carboxylic acids is 2. The molecule has 40 heavy (non-hydrogen) atoms. The van der Waals surface area contributed by atoms with Gasteiger partial charge in [-0.15, -0.1) is 0 Å². The van der Waals surface area contributed by atoms with E-state index in [-0.39, 0.29) is 24.7 Å². The maximum Gasteiger partial charge on any atom is 0.344 e. The van der Waals surface area contributed by atoms with E-state index >= 15 is 0 Å². The second-order valence-corrected chi connectivity index (χ2v) is 11.2. The molecule has 1 aliphatic heterocycles. The quantitative estimate of drug-likeness (QED) is 0.293. The molecule has 1 saturated carbocycles. The lowest BCUT2D eigenvalue weighted by Crippen LogP contribution is -2.46. The second-order valence-electron chi connectivity index (χ2n) is 11.2. The summed E-state index contributed by atoms with van der Waals surface area (Å²) in [5.41, 5.74) is 2.47. The summed E-state index contributed by atoms with van der Waals surface area (Å²) in [7, 11) is 0. The summed E-state index contributed by atoms with van der Waals surface area (Å²) in [6, 6.07) is 9.30. The molecule has 0 radical (unpaired) electrons. The largest absolute Gasteiger partial charge is 0.490 e. The predicted octanol–water partition coefficient (Wildman–Crippen LogP) is 3.39. The number of amides is 1. The standard InChI is InChI=1S/C30H38N4O6/c1-4-38-25(36)19-40-24-11-8-14-34-20(16-31-27(24)34)15-29(2,3)32-17-21(35)18-39-23-10-7-9-22-26(23)30(28(37)33-22)12-5-6-13-30/h7-11,14,16,21,32,35H,4-6,12-13,15,17-19H2,1-3H3,(H,33,37). The number of β-amino-alcohol motifs (C(OH)–C–C–N with tert-alkyl or cyclic N) is 1. The van der Waals surface area contributed by atoms with E-state index in [1.807, 2.05) is 34.9 Å². The third-order valence-corrected chi connectivity index (χ3v) is 7.74. The Labute approximate surface area is 234 Å². The topological polar surface area (TPSA) is 123 Å². The summed E-state index contributed by atoms with van der Waals surface area (Å²) in [5, 5.41) is 17.2. The van der Waals surface area contributed by atoms with Crippen LogP contribution in [0.5, 0.6) is 11.5 Å². The predicted molar refractivity (Wildman–Crippen MR) is 150 cm³/mol. The SMILES string of the molecule is CCOC(=O)COc1cccn2c(CC(C)(C)NCC(O)COc3cccc4c3C3(CCCC3)C(=O)N4)cnc12. The Hall–Kier alpha value is -3.63. The van der Waals surface area contributed by atoms with Crippen molar-refractivity contribution in [1.82, 2.24) is 14.7 Å². The van der Waals surface area contributed by atoms with Gasteiger partial charge in [-0.25, -0.2) is 9.78 Å². The molecule has 2 aliphatic rings. The number of hydrogen-bond donors (Lipinski definition) is 3. The van der Waals surface area contributed by atoms with Gasteiger partial charge in [-0.3, -0.25) is 4.79 Å². The van der Waals surface area contributed by atoms with Crippen LogP contribution >= 0.6 is 0 Å². The van der Waals surface area contributed by atoms with Crippen LogP contribution in [0, 0.1) is 0 Å². The molecule has 10 heteroatoms. The molecule has 0 bridgehead atoms. The number of pyridine rings is 1. The van der Waals surface area contributed by atoms with Crippen LogP contribution in [0.2, 0.25) is 0 Å². The van der Waals surface area contributed by atoms with E-state index in [4.69, 9.17) is 14.2 Å². The number of anilines is 1. The Balaban J connectivity index is 1.18. The number of benzene rings is 1. The van der Waals surface area contributed by atoms with Crippen molar-refractivity contribution in [2.45, 2.75) is 69.9 Å². The van der Waals surface area contributed by atoms with E-state index in [1.54, 1.807) is 19.2 Å². The van der Waals surface area contributed by atoms with Crippen LogP contribution in [0.3, 0.4) is 0 Å². The lowest BCUT2D eigenvalue weighted by Gasteiger charge is -2.28. The van der Waals surface area contributed by atoms with Crippen LogP contribution in [-0.2, 0) is 26.2 Å². The zero-order chi connectivity index (χ0) is 28.3. The monoisotopic (exact) mass is 550 g/mol. The fourth-order valence-electron chi connectivity index (χ4n) is 5.83. The number of carbonyl (C=O) groups is 2. The highest BCUT2D eigenvalue weighted by molar-refractivity contribution is 6.07. The van der Waals surface area contributed by atoms with Gasteiger partial charge in [0.1, 0.15) is 18.5 Å². The molecule has 1 atom stereocenters. The van der Waals surface area contributed by atoms with Crippen molar-refractivity contribution in [1.29, 1.82) is 0 Å². The van der Waals surface area contributed by atoms with Crippen LogP contribution in [0.15, 0.2) is 42.7 Å². The molecule has 3 N–H and O–H groups in total. The van der Waals surface area contributed by atoms with E-state index in [1.165, 1.54) is 0 Å². The Morgan fingerprint density at radius 3 is 2.75 bits per heavy atom. The first kappa shape index (κ1) is 27.9. The maximum atomic E-state index is 12.8. The van der Waals surface area contributed by atoms with Crippen LogP contribution < -0.4 is 20.1 Å². The number of nitrogens with one attached hydrogen (secondary N) is 2. The van der Waals surface area contributed by atoms with Gasteiger partial charge in [-0.1, -0.05) is 18.9 Å². The molecule has 1 aliphatic carbocycles. The van der Waals surface area contributed by atoms with Crippen LogP contribution in [0.1, 0.15) is 57.7 Å². The summed E-state index contributed by atoms with van der Waals surface area (Å²) in [4.78, 5) is 29.0. The molecule has 1 fully saturated rings. The summed E-state index contributed by atoms with van der Waals surface area (Å²) in [6.07, 6.45) is 7.28. The first-order valence-electron chi connectivity index (χ1n) is 14.0. The minimum atomic E-state index is -0.746. The molecule has 10 nitrogen and oxygen atoms in total. The Bertz CT molecular complexity index is 1380. The Kier molecular flexibility index (Phi) is 8.00. The van der Waals surface area contributed by atoms with Crippen molar-refractivity contribution >= 4 is 23.2 Å². The number of rotatable bonds is 12. The average Bonchev–Trinajstić information content (AvgIpc) is 3.65. The van der Waals surface area contributed by atoms with Gasteiger partial charge in [0.15, 0.2) is 18.0 Å². The third kappa shape index (κ3) is 5.64. The van der Waals surface area contributed by atoms with Crippen LogP contribution in [0.4, 0.5) is 5.69 Å². The number of aliphatic hydroxyl groups excluding tert-OH is 1. The van der Waals surface area contributed by atoms with E-state index < -0.39 is 17.5 Å². The minimum absolute atomic E-state index is 0.0603. The highest BCUT2D eigenvalue weighted by atomic mass is 16.6. The first-order chi connectivity index (χ1) is 19.2. The Morgan fingerprint density at radius 1 is 1.20 bits per heavy atom. The highest BCUT2D eigenvalue weighted by Gasteiger charge is 2.50. The van der Waals surface area contributed by atoms with Gasteiger partial charge >= 0.3 is 5.97 Å². The number of hydrogen-bond acceptors (Lipinski definition) is 8. The van der Waals surface area contributed by atoms with Gasteiger partial charge in [0.2, 0.25) is 5.91 Å². The smallest absolute Gasteiger partial charge is 0.344 e. The molecule has 5 rings (SSSR count). The summed E-state index contributed by atoms with van der Waals surface area (Å²) in [5.74, 6) is 0.806. The van der Waals surface area contributed by atoms with Gasteiger partial charge in [0.25, 0.3) is 0 Å². The molecule has 1 aromatic carbocycles. The lowest BCUT2D eigenvalue weighted by molar-refractivity contribution is -0.145. The van der Waals surface area contributed by atoms with Crippen LogP contribution in [0.25, 0.3) is 5.65 Å². The van der Waals surface area contributed by atoms with E-state index in [0.717, 1.165) is 42.6 Å². The van der Waals surface area contributed by atoms with Gasteiger partial charge in [0, 0.05) is 47.8 Å². The fourth-order valence-corrected chi connectivity index (χ4v) is 5.83. The van der Waals surface area contributed by atoms with Gasteiger partial charge in [-0.05, 0) is 57.9 Å². The van der Waals surface area contributed by atoms with Crippen molar-refractivity contribution in [2.75, 3.05) is 31.7 Å². The van der Waals surface area contributed by atoms with Crippen molar-refractivity contribution < 1.29 is 28.9 Å². The highest BCUT2D eigenvalue weighted by Crippen LogP contribution is 2.52. The normalized spacial score (nSPS) is 16.6. The molecular formula is C30H38N4O6. The van der Waals surface area contributed by atoms with Crippen LogP contribution in [-0.4, -0.2) is 64.4 Å². The number of ether oxygens (including phenoxy) is 3. The van der Waals surface area contributed by atoms with E-state index in [2.05, 4.69) is 29.5 Å². The summed E-state index contributed by atoms with van der Waals surface area (Å²) in [6.45, 7) is 6.44. The molecule has 214 valence electrons. The molecule has 1 unspecified atom stereocenters. The number of aliphatic hydroxyl groups is 1. The van der Waals surface area contributed by atoms with Crippen molar-refractivity contribution in [2.24, 2.45) is 0 Å². The third-order valence-electron chi connectivity index (χ3n) is 7.74. The number of fused-ring (bicyclic) bond motifs is 3. The van der Waals surface area contributed by atoms with E-state index in [9.17, 15) is 14.7 Å². The van der Waals surface area contributed by atoms with Gasteiger partial charge < -0.3 is 34.4 Å². The van der Waals surface area contributed by atoms with E-state index in [0.29, 0.717) is 36.7 Å². The Morgan fingerprint density at radius 2 is 1.98 bits per heavy atom. The summed E-state index contributed by atoms with van der Waals surface area (Å²) >= 11 is 0. The maximum absolute atomic E-state index is 12.8. The zero-order valence-corrected chi connectivity index (χ0v) is 23.4. The van der Waals surface area contributed by atoms with Crippen molar-refractivity contribution in [3.8, 4) is 11.5 Å². The molecule has 3 aromatic rings. The molecule has 1 amide bonds. The van der Waals surface area contributed by atoms with Crippen molar-refractivity contribution in [3.05, 3.63) is 54.0 Å². The molecule has 3 heterocycles. The molecular weight excluding hydrogens is 512 g/mol. The number of esters is 1. The van der Waals surface area contributed by atoms with Gasteiger partial charge in [-0.2, -0.15) is 0 Å². The summed E-state index contributed by atoms with van der Waals surface area (Å²) < 4.78 is 18.6. The number of aromatic nitrogens is 2. The fraction of sp³-hybridized carbons (Fsp3) is 0.500. The number of imidazole rings is 1. The molecule has 2 aromatic heterocycles. The molecule has 1 spiro atoms. The van der Waals surface area contributed by atoms with Crippen molar-refractivity contribution in [3.63, 3.8) is 0 Å². The number of nitrogens with zero attached hydrogens (tertiary/aromatic N) is 2. The lowest BCUT2D eigenvalue weighted by atomic mass is 9.79.